The molecule has 1 aromatic heterocycles. The maximum atomic E-state index is 11.4. The first-order chi connectivity index (χ1) is 7.34. The summed E-state index contributed by atoms with van der Waals surface area (Å²) < 4.78 is 4.95. The maximum absolute atomic E-state index is 11.4. The van der Waals surface area contributed by atoms with Crippen molar-refractivity contribution < 1.29 is 9.53 Å². The minimum atomic E-state index is -0.304. The van der Waals surface area contributed by atoms with Crippen LogP contribution in [0.3, 0.4) is 0 Å². The van der Waals surface area contributed by atoms with Crippen molar-refractivity contribution in [3.63, 3.8) is 0 Å². The molecule has 0 radical (unpaired) electrons. The summed E-state index contributed by atoms with van der Waals surface area (Å²) in [5.41, 5.74) is 2.31. The molecule has 0 saturated carbocycles. The van der Waals surface area contributed by atoms with Crippen LogP contribution in [0.4, 0.5) is 0 Å². The minimum Gasteiger partial charge on any atom is -0.461 e. The highest BCUT2D eigenvalue weighted by atomic mass is 16.5. The van der Waals surface area contributed by atoms with E-state index in [2.05, 4.69) is 4.98 Å². The van der Waals surface area contributed by atoms with Crippen LogP contribution < -0.4 is 0 Å². The number of para-hydroxylation sites is 1. The van der Waals surface area contributed by atoms with E-state index in [4.69, 9.17) is 4.74 Å². The molecule has 2 aromatic rings. The lowest BCUT2D eigenvalue weighted by molar-refractivity contribution is 0.0472. The lowest BCUT2D eigenvalue weighted by Crippen LogP contribution is -2.19. The zero-order chi connectivity index (χ0) is 10.3. The van der Waals surface area contributed by atoms with Crippen molar-refractivity contribution in [2.45, 2.75) is 6.42 Å². The molecule has 3 rings (SSSR count). The molecule has 0 bridgehead atoms. The van der Waals surface area contributed by atoms with Crippen molar-refractivity contribution in [3.8, 4) is 0 Å². The molecule has 0 aliphatic carbocycles. The first-order valence-corrected chi connectivity index (χ1v) is 4.90. The molecule has 3 heteroatoms. The topological polar surface area (TPSA) is 39.2 Å². The van der Waals surface area contributed by atoms with Gasteiger partial charge in [-0.15, -0.1) is 0 Å². The van der Waals surface area contributed by atoms with Gasteiger partial charge >= 0.3 is 5.97 Å². The molecule has 2 heterocycles. The van der Waals surface area contributed by atoms with E-state index >= 15 is 0 Å². The van der Waals surface area contributed by atoms with Gasteiger partial charge in [-0.25, -0.2) is 9.78 Å². The van der Waals surface area contributed by atoms with Gasteiger partial charge in [0.2, 0.25) is 0 Å². The maximum Gasteiger partial charge on any atom is 0.357 e. The zero-order valence-corrected chi connectivity index (χ0v) is 8.06. The Bertz CT molecular complexity index is 548. The predicted molar refractivity (Wildman–Crippen MR) is 55.7 cm³/mol. The second-order valence-electron chi connectivity index (χ2n) is 3.57. The van der Waals surface area contributed by atoms with Crippen LogP contribution in [-0.2, 0) is 11.2 Å². The van der Waals surface area contributed by atoms with Crippen LogP contribution in [0.5, 0.6) is 0 Å². The number of benzene rings is 1. The third-order valence-corrected chi connectivity index (χ3v) is 2.60. The molecule has 0 atom stereocenters. The largest absolute Gasteiger partial charge is 0.461 e. The molecule has 15 heavy (non-hydrogen) atoms. The molecule has 0 saturated heterocycles. The fourth-order valence-electron chi connectivity index (χ4n) is 1.85. The summed E-state index contributed by atoms with van der Waals surface area (Å²) in [5, 5.41) is 1.07. The number of fused-ring (bicyclic) bond motifs is 2. The van der Waals surface area contributed by atoms with Crippen molar-refractivity contribution in [1.29, 1.82) is 0 Å². The predicted octanol–water partition coefficient (Wildman–Crippen LogP) is 1.95. The molecule has 3 nitrogen and oxygen atoms in total. The highest BCUT2D eigenvalue weighted by Crippen LogP contribution is 2.20. The van der Waals surface area contributed by atoms with E-state index in [1.165, 1.54) is 0 Å². The number of cyclic esters (lactones) is 1. The number of esters is 1. The average molecular weight is 199 g/mol. The monoisotopic (exact) mass is 199 g/mol. The number of carbonyl (C=O) groups is 1. The first-order valence-electron chi connectivity index (χ1n) is 4.90. The Morgan fingerprint density at radius 2 is 2.13 bits per heavy atom. The summed E-state index contributed by atoms with van der Waals surface area (Å²) in [6, 6.07) is 9.81. The fraction of sp³-hybridized carbons (Fsp3) is 0.167. The molecule has 1 aromatic carbocycles. The van der Waals surface area contributed by atoms with Gasteiger partial charge in [0.1, 0.15) is 0 Å². The molecule has 1 aliphatic rings. The third kappa shape index (κ3) is 1.28. The first kappa shape index (κ1) is 8.41. The summed E-state index contributed by atoms with van der Waals surface area (Å²) in [5.74, 6) is -0.304. The standard InChI is InChI=1S/C12H9NO2/c14-12-11-9(5-6-15-12)7-8-3-1-2-4-10(8)13-11/h1-4,7H,5-6H2. The molecular weight excluding hydrogens is 190 g/mol. The Balaban J connectivity index is 2.32. The Morgan fingerprint density at radius 1 is 1.27 bits per heavy atom. The molecule has 0 amide bonds. The molecule has 0 unspecified atom stereocenters. The van der Waals surface area contributed by atoms with E-state index in [1.807, 2.05) is 30.3 Å². The molecule has 1 aliphatic heterocycles. The van der Waals surface area contributed by atoms with Gasteiger partial charge in [-0.1, -0.05) is 18.2 Å². The van der Waals surface area contributed by atoms with Gasteiger partial charge in [0.15, 0.2) is 5.69 Å². The number of carbonyl (C=O) groups excluding carboxylic acids is 1. The molecule has 0 N–H and O–H groups in total. The second kappa shape index (κ2) is 3.05. The van der Waals surface area contributed by atoms with Crippen LogP contribution in [0, 0.1) is 0 Å². The Kier molecular flexibility index (Phi) is 1.71. The molecule has 74 valence electrons. The summed E-state index contributed by atoms with van der Waals surface area (Å²) in [7, 11) is 0. The van der Waals surface area contributed by atoms with Crippen LogP contribution >= 0.6 is 0 Å². The summed E-state index contributed by atoms with van der Waals surface area (Å²) >= 11 is 0. The summed E-state index contributed by atoms with van der Waals surface area (Å²) in [6.45, 7) is 0.464. The Hall–Kier alpha value is -1.90. The van der Waals surface area contributed by atoms with Crippen molar-refractivity contribution >= 4 is 16.9 Å². The Morgan fingerprint density at radius 3 is 3.07 bits per heavy atom. The number of ether oxygens (including phenoxy) is 1. The molecular formula is C12H9NO2. The van der Waals surface area contributed by atoms with E-state index in [-0.39, 0.29) is 5.97 Å². The van der Waals surface area contributed by atoms with Crippen molar-refractivity contribution in [2.75, 3.05) is 6.61 Å². The summed E-state index contributed by atoms with van der Waals surface area (Å²) in [6.07, 6.45) is 0.763. The highest BCUT2D eigenvalue weighted by molar-refractivity contribution is 5.93. The van der Waals surface area contributed by atoms with E-state index < -0.39 is 0 Å². The van der Waals surface area contributed by atoms with Gasteiger partial charge in [0.05, 0.1) is 12.1 Å². The van der Waals surface area contributed by atoms with E-state index in [1.54, 1.807) is 0 Å². The van der Waals surface area contributed by atoms with Crippen LogP contribution in [0.2, 0.25) is 0 Å². The SMILES string of the molecule is O=C1OCCc2cc3ccccc3nc21. The number of nitrogens with zero attached hydrogens (tertiary/aromatic N) is 1. The van der Waals surface area contributed by atoms with Gasteiger partial charge < -0.3 is 4.74 Å². The number of hydrogen-bond donors (Lipinski definition) is 0. The lowest BCUT2D eigenvalue weighted by Gasteiger charge is -2.15. The number of rotatable bonds is 0. The minimum absolute atomic E-state index is 0.304. The van der Waals surface area contributed by atoms with E-state index in [9.17, 15) is 4.79 Å². The van der Waals surface area contributed by atoms with E-state index in [0.29, 0.717) is 12.3 Å². The average Bonchev–Trinajstić information content (AvgIpc) is 2.27. The zero-order valence-electron chi connectivity index (χ0n) is 8.06. The van der Waals surface area contributed by atoms with Crippen molar-refractivity contribution in [1.82, 2.24) is 4.98 Å². The Labute approximate surface area is 86.7 Å². The fourth-order valence-corrected chi connectivity index (χ4v) is 1.85. The highest BCUT2D eigenvalue weighted by Gasteiger charge is 2.20. The van der Waals surface area contributed by atoms with Gasteiger partial charge in [-0.3, -0.25) is 0 Å². The normalized spacial score (nSPS) is 14.8. The smallest absolute Gasteiger partial charge is 0.357 e. The van der Waals surface area contributed by atoms with Crippen molar-refractivity contribution in [3.05, 3.63) is 41.6 Å². The lowest BCUT2D eigenvalue weighted by atomic mass is 10.1. The molecule has 0 spiro atoms. The van der Waals surface area contributed by atoms with Crippen LogP contribution in [-0.4, -0.2) is 17.6 Å². The van der Waals surface area contributed by atoms with Gasteiger partial charge in [0, 0.05) is 11.8 Å². The van der Waals surface area contributed by atoms with Gasteiger partial charge in [-0.2, -0.15) is 0 Å². The van der Waals surface area contributed by atoms with Crippen molar-refractivity contribution in [2.24, 2.45) is 0 Å². The van der Waals surface area contributed by atoms with Gasteiger partial charge in [-0.05, 0) is 17.7 Å². The van der Waals surface area contributed by atoms with Gasteiger partial charge in [0.25, 0.3) is 0 Å². The van der Waals surface area contributed by atoms with Crippen LogP contribution in [0.25, 0.3) is 10.9 Å². The summed E-state index contributed by atoms with van der Waals surface area (Å²) in [4.78, 5) is 15.8. The quantitative estimate of drug-likeness (QED) is 0.609. The van der Waals surface area contributed by atoms with Crippen LogP contribution in [0.15, 0.2) is 30.3 Å². The van der Waals surface area contributed by atoms with E-state index in [0.717, 1.165) is 22.9 Å². The third-order valence-electron chi connectivity index (χ3n) is 2.60. The molecule has 0 fully saturated rings. The van der Waals surface area contributed by atoms with Crippen LogP contribution in [0.1, 0.15) is 16.1 Å². The number of aromatic nitrogens is 1. The second-order valence-corrected chi connectivity index (χ2v) is 3.57. The number of pyridine rings is 1. The number of hydrogen-bond acceptors (Lipinski definition) is 3.